The second-order valence-corrected chi connectivity index (χ2v) is 3.55. The van der Waals surface area contributed by atoms with E-state index in [1.165, 1.54) is 5.69 Å². The van der Waals surface area contributed by atoms with Crippen molar-refractivity contribution in [3.8, 4) is 0 Å². The van der Waals surface area contributed by atoms with Crippen LogP contribution >= 0.6 is 12.4 Å². The van der Waals surface area contributed by atoms with Crippen LogP contribution in [-0.4, -0.2) is 24.8 Å². The van der Waals surface area contributed by atoms with Crippen LogP contribution in [0.5, 0.6) is 0 Å². The molecule has 1 aromatic carbocycles. The Kier molecular flexibility index (Phi) is 7.13. The first-order valence-corrected chi connectivity index (χ1v) is 5.44. The maximum Gasteiger partial charge on any atom is 0.0624 e. The Hall–Kier alpha value is -0.770. The fourth-order valence-electron chi connectivity index (χ4n) is 1.63. The van der Waals surface area contributed by atoms with E-state index in [4.69, 9.17) is 10.8 Å². The SMILES string of the molecule is CCN(CC)c1ccc([C@@H](N)CO)cc1.Cl. The zero-order valence-corrected chi connectivity index (χ0v) is 10.7. The molecule has 0 saturated heterocycles. The van der Waals surface area contributed by atoms with Crippen LogP contribution in [0.4, 0.5) is 5.69 Å². The van der Waals surface area contributed by atoms with E-state index in [0.29, 0.717) is 0 Å². The molecule has 0 spiro atoms. The molecule has 4 heteroatoms. The number of hydrogen-bond acceptors (Lipinski definition) is 3. The highest BCUT2D eigenvalue weighted by molar-refractivity contribution is 5.85. The van der Waals surface area contributed by atoms with Gasteiger partial charge in [0.1, 0.15) is 0 Å². The minimum Gasteiger partial charge on any atom is -0.394 e. The lowest BCUT2D eigenvalue weighted by atomic mass is 10.1. The van der Waals surface area contributed by atoms with E-state index in [0.717, 1.165) is 18.7 Å². The zero-order chi connectivity index (χ0) is 11.3. The van der Waals surface area contributed by atoms with Crippen LogP contribution in [0.1, 0.15) is 25.5 Å². The Morgan fingerprint density at radius 2 is 1.69 bits per heavy atom. The number of aliphatic hydroxyl groups is 1. The minimum absolute atomic E-state index is 0. The maximum atomic E-state index is 8.92. The molecule has 16 heavy (non-hydrogen) atoms. The van der Waals surface area contributed by atoms with Crippen molar-refractivity contribution in [2.75, 3.05) is 24.6 Å². The van der Waals surface area contributed by atoms with Gasteiger partial charge in [-0.1, -0.05) is 12.1 Å². The predicted octanol–water partition coefficient (Wildman–Crippen LogP) is 1.95. The summed E-state index contributed by atoms with van der Waals surface area (Å²) in [6, 6.07) is 7.80. The van der Waals surface area contributed by atoms with Crippen molar-refractivity contribution in [1.29, 1.82) is 0 Å². The van der Waals surface area contributed by atoms with Crippen molar-refractivity contribution in [3.05, 3.63) is 29.8 Å². The molecule has 0 aliphatic rings. The lowest BCUT2D eigenvalue weighted by molar-refractivity contribution is 0.268. The molecule has 0 fully saturated rings. The molecule has 92 valence electrons. The molecule has 0 bridgehead atoms. The lowest BCUT2D eigenvalue weighted by Crippen LogP contribution is -2.22. The molecule has 0 aliphatic heterocycles. The van der Waals surface area contributed by atoms with E-state index in [-0.39, 0.29) is 25.1 Å². The molecule has 0 saturated carbocycles. The Bertz CT molecular complexity index is 286. The lowest BCUT2D eigenvalue weighted by Gasteiger charge is -2.21. The summed E-state index contributed by atoms with van der Waals surface area (Å²) in [5, 5.41) is 8.92. The molecule has 0 aliphatic carbocycles. The molecule has 0 heterocycles. The van der Waals surface area contributed by atoms with Crippen LogP contribution < -0.4 is 10.6 Å². The third-order valence-corrected chi connectivity index (χ3v) is 2.65. The fraction of sp³-hybridized carbons (Fsp3) is 0.500. The highest BCUT2D eigenvalue weighted by Gasteiger charge is 2.05. The Balaban J connectivity index is 0.00000225. The second kappa shape index (κ2) is 7.49. The second-order valence-electron chi connectivity index (χ2n) is 3.55. The third-order valence-electron chi connectivity index (χ3n) is 2.65. The third kappa shape index (κ3) is 3.67. The average molecular weight is 245 g/mol. The standard InChI is InChI=1S/C12H20N2O.ClH/c1-3-14(4-2)11-7-5-10(6-8-11)12(13)9-15;/h5-8,12,15H,3-4,9,13H2,1-2H3;1H/t12-;/m0./s1. The molecule has 1 rings (SSSR count). The first-order valence-electron chi connectivity index (χ1n) is 5.44. The normalized spacial score (nSPS) is 11.8. The molecule has 0 amide bonds. The smallest absolute Gasteiger partial charge is 0.0624 e. The molecular formula is C12H21ClN2O. The molecule has 1 aromatic rings. The zero-order valence-electron chi connectivity index (χ0n) is 9.89. The van der Waals surface area contributed by atoms with Crippen molar-refractivity contribution in [3.63, 3.8) is 0 Å². The van der Waals surface area contributed by atoms with Gasteiger partial charge in [-0.15, -0.1) is 12.4 Å². The van der Waals surface area contributed by atoms with Gasteiger partial charge in [0, 0.05) is 18.8 Å². The minimum atomic E-state index is -0.268. The number of benzene rings is 1. The van der Waals surface area contributed by atoms with E-state index in [1.54, 1.807) is 0 Å². The number of halogens is 1. The summed E-state index contributed by atoms with van der Waals surface area (Å²) < 4.78 is 0. The summed E-state index contributed by atoms with van der Waals surface area (Å²) in [5.74, 6) is 0. The molecule has 3 nitrogen and oxygen atoms in total. The predicted molar refractivity (Wildman–Crippen MR) is 71.3 cm³/mol. The monoisotopic (exact) mass is 244 g/mol. The molecule has 1 atom stereocenters. The first-order chi connectivity index (χ1) is 7.22. The Morgan fingerprint density at radius 1 is 1.19 bits per heavy atom. The van der Waals surface area contributed by atoms with Crippen LogP contribution in [0.15, 0.2) is 24.3 Å². The number of anilines is 1. The van der Waals surface area contributed by atoms with Crippen molar-refractivity contribution < 1.29 is 5.11 Å². The average Bonchev–Trinajstić information content (AvgIpc) is 2.30. The van der Waals surface area contributed by atoms with Gasteiger partial charge >= 0.3 is 0 Å². The quantitative estimate of drug-likeness (QED) is 0.833. The van der Waals surface area contributed by atoms with Gasteiger partial charge in [-0.05, 0) is 31.5 Å². The highest BCUT2D eigenvalue weighted by atomic mass is 35.5. The van der Waals surface area contributed by atoms with Crippen molar-refractivity contribution in [2.24, 2.45) is 5.73 Å². The molecule has 0 unspecified atom stereocenters. The number of nitrogens with two attached hydrogens (primary N) is 1. The van der Waals surface area contributed by atoms with Gasteiger partial charge in [0.15, 0.2) is 0 Å². The Morgan fingerprint density at radius 3 is 2.06 bits per heavy atom. The van der Waals surface area contributed by atoms with Crippen LogP contribution in [0.3, 0.4) is 0 Å². The summed E-state index contributed by atoms with van der Waals surface area (Å²) >= 11 is 0. The summed E-state index contributed by atoms with van der Waals surface area (Å²) in [4.78, 5) is 2.27. The van der Waals surface area contributed by atoms with Gasteiger partial charge in [-0.3, -0.25) is 0 Å². The van der Waals surface area contributed by atoms with Crippen molar-refractivity contribution in [1.82, 2.24) is 0 Å². The topological polar surface area (TPSA) is 49.5 Å². The van der Waals surface area contributed by atoms with E-state index in [2.05, 4.69) is 30.9 Å². The summed E-state index contributed by atoms with van der Waals surface area (Å²) in [6.45, 7) is 6.27. The van der Waals surface area contributed by atoms with Crippen LogP contribution in [0, 0.1) is 0 Å². The van der Waals surface area contributed by atoms with E-state index in [1.807, 2.05) is 12.1 Å². The highest BCUT2D eigenvalue weighted by Crippen LogP contribution is 2.17. The van der Waals surface area contributed by atoms with Crippen molar-refractivity contribution >= 4 is 18.1 Å². The molecular weight excluding hydrogens is 224 g/mol. The van der Waals surface area contributed by atoms with Gasteiger partial charge < -0.3 is 15.7 Å². The van der Waals surface area contributed by atoms with E-state index >= 15 is 0 Å². The largest absolute Gasteiger partial charge is 0.394 e. The van der Waals surface area contributed by atoms with Crippen LogP contribution in [0.25, 0.3) is 0 Å². The first kappa shape index (κ1) is 15.2. The van der Waals surface area contributed by atoms with E-state index in [9.17, 15) is 0 Å². The number of aliphatic hydroxyl groups excluding tert-OH is 1. The summed E-state index contributed by atoms with van der Waals surface area (Å²) in [6.07, 6.45) is 0. The Labute approximate surface area is 104 Å². The number of nitrogens with zero attached hydrogens (tertiary/aromatic N) is 1. The molecule has 0 radical (unpaired) electrons. The van der Waals surface area contributed by atoms with Gasteiger partial charge in [-0.25, -0.2) is 0 Å². The van der Waals surface area contributed by atoms with Gasteiger partial charge in [0.05, 0.1) is 12.6 Å². The summed E-state index contributed by atoms with van der Waals surface area (Å²) in [7, 11) is 0. The number of hydrogen-bond donors (Lipinski definition) is 2. The summed E-state index contributed by atoms with van der Waals surface area (Å²) in [5.41, 5.74) is 7.90. The molecule has 0 aromatic heterocycles. The van der Waals surface area contributed by atoms with Crippen molar-refractivity contribution in [2.45, 2.75) is 19.9 Å². The van der Waals surface area contributed by atoms with Crippen LogP contribution in [-0.2, 0) is 0 Å². The van der Waals surface area contributed by atoms with E-state index < -0.39 is 0 Å². The van der Waals surface area contributed by atoms with Gasteiger partial charge in [0.25, 0.3) is 0 Å². The number of rotatable bonds is 5. The maximum absolute atomic E-state index is 8.92. The molecule has 3 N–H and O–H groups in total. The fourth-order valence-corrected chi connectivity index (χ4v) is 1.63. The van der Waals surface area contributed by atoms with Gasteiger partial charge in [-0.2, -0.15) is 0 Å². The van der Waals surface area contributed by atoms with Gasteiger partial charge in [0.2, 0.25) is 0 Å². The van der Waals surface area contributed by atoms with Crippen LogP contribution in [0.2, 0.25) is 0 Å².